The second kappa shape index (κ2) is 6.09. The number of anilines is 1. The van der Waals surface area contributed by atoms with E-state index in [-0.39, 0.29) is 23.6 Å². The molecule has 0 saturated heterocycles. The molecule has 0 saturated carbocycles. The van der Waals surface area contributed by atoms with Gasteiger partial charge in [0.05, 0.1) is 11.4 Å². The van der Waals surface area contributed by atoms with Crippen molar-refractivity contribution in [1.29, 1.82) is 0 Å². The smallest absolute Gasteiger partial charge is 0.279 e. The Bertz CT molecular complexity index is 1070. The Kier molecular flexibility index (Phi) is 3.87. The first-order valence-electron chi connectivity index (χ1n) is 8.92. The van der Waals surface area contributed by atoms with Crippen molar-refractivity contribution in [3.63, 3.8) is 0 Å². The Morgan fingerprint density at radius 1 is 1.08 bits per heavy atom. The summed E-state index contributed by atoms with van der Waals surface area (Å²) in [6.07, 6.45) is 0.823. The van der Waals surface area contributed by atoms with Crippen molar-refractivity contribution in [1.82, 2.24) is 9.78 Å². The van der Waals surface area contributed by atoms with E-state index in [1.807, 2.05) is 51.1 Å². The van der Waals surface area contributed by atoms with Crippen LogP contribution >= 0.6 is 0 Å². The van der Waals surface area contributed by atoms with E-state index in [2.05, 4.69) is 11.2 Å². The van der Waals surface area contributed by atoms with Gasteiger partial charge in [-0.25, -0.2) is 4.68 Å². The van der Waals surface area contributed by atoms with Crippen LogP contribution in [0.2, 0.25) is 0 Å². The molecule has 0 unspecified atom stereocenters. The molecule has 0 N–H and O–H groups in total. The lowest BCUT2D eigenvalue weighted by molar-refractivity contribution is 0.0976. The van der Waals surface area contributed by atoms with Crippen LogP contribution in [0.25, 0.3) is 10.8 Å². The molecule has 5 nitrogen and oxygen atoms in total. The molecule has 0 fully saturated rings. The summed E-state index contributed by atoms with van der Waals surface area (Å²) < 4.78 is 1.40. The molecule has 5 heteroatoms. The summed E-state index contributed by atoms with van der Waals surface area (Å²) in [6, 6.07) is 15.1. The van der Waals surface area contributed by atoms with Gasteiger partial charge in [-0.05, 0) is 44.9 Å². The zero-order chi connectivity index (χ0) is 18.4. The zero-order valence-corrected chi connectivity index (χ0v) is 15.1. The number of aromatic nitrogens is 2. The van der Waals surface area contributed by atoms with Gasteiger partial charge >= 0.3 is 0 Å². The lowest BCUT2D eigenvalue weighted by Gasteiger charge is -2.23. The molecule has 0 aliphatic carbocycles. The van der Waals surface area contributed by atoms with Crippen molar-refractivity contribution < 1.29 is 4.79 Å². The molecular formula is C21H21N3O2. The first kappa shape index (κ1) is 16.5. The Morgan fingerprint density at radius 2 is 1.73 bits per heavy atom. The molecule has 26 heavy (non-hydrogen) atoms. The van der Waals surface area contributed by atoms with Crippen LogP contribution in [0.4, 0.5) is 5.69 Å². The van der Waals surface area contributed by atoms with Gasteiger partial charge in [-0.2, -0.15) is 5.10 Å². The molecule has 0 spiro atoms. The van der Waals surface area contributed by atoms with E-state index in [4.69, 9.17) is 0 Å². The largest absolute Gasteiger partial charge is 0.304 e. The van der Waals surface area contributed by atoms with Gasteiger partial charge in [0.15, 0.2) is 5.69 Å². The van der Waals surface area contributed by atoms with Gasteiger partial charge in [-0.1, -0.05) is 36.4 Å². The number of rotatable bonds is 2. The van der Waals surface area contributed by atoms with Crippen LogP contribution in [-0.4, -0.2) is 21.7 Å². The minimum absolute atomic E-state index is 0.0555. The number of carbonyl (C=O) groups is 1. The molecule has 1 aliphatic heterocycles. The van der Waals surface area contributed by atoms with E-state index < -0.39 is 0 Å². The number of nitrogens with zero attached hydrogens (tertiary/aromatic N) is 3. The van der Waals surface area contributed by atoms with Crippen molar-refractivity contribution in [3.05, 3.63) is 70.1 Å². The van der Waals surface area contributed by atoms with Crippen molar-refractivity contribution >= 4 is 22.4 Å². The molecule has 1 atom stereocenters. The van der Waals surface area contributed by atoms with Gasteiger partial charge in [0, 0.05) is 17.1 Å². The Labute approximate surface area is 151 Å². The Morgan fingerprint density at radius 3 is 2.46 bits per heavy atom. The first-order valence-corrected chi connectivity index (χ1v) is 8.92. The summed E-state index contributed by atoms with van der Waals surface area (Å²) in [4.78, 5) is 28.0. The number of hydrogen-bond acceptors (Lipinski definition) is 3. The second-order valence-electron chi connectivity index (χ2n) is 7.09. The molecule has 2 heterocycles. The fourth-order valence-electron chi connectivity index (χ4n) is 3.70. The van der Waals surface area contributed by atoms with E-state index in [9.17, 15) is 9.59 Å². The highest BCUT2D eigenvalue weighted by Crippen LogP contribution is 2.33. The maximum atomic E-state index is 13.5. The topological polar surface area (TPSA) is 55.2 Å². The highest BCUT2D eigenvalue weighted by molar-refractivity contribution is 6.13. The van der Waals surface area contributed by atoms with Crippen LogP contribution in [0, 0.1) is 0 Å². The third-order valence-corrected chi connectivity index (χ3v) is 4.95. The quantitative estimate of drug-likeness (QED) is 0.712. The summed E-state index contributed by atoms with van der Waals surface area (Å²) in [5, 5.41) is 5.60. The van der Waals surface area contributed by atoms with Crippen molar-refractivity contribution in [2.24, 2.45) is 0 Å². The van der Waals surface area contributed by atoms with Gasteiger partial charge in [-0.15, -0.1) is 0 Å². The molecule has 0 radical (unpaired) electrons. The van der Waals surface area contributed by atoms with Crippen molar-refractivity contribution in [3.8, 4) is 0 Å². The average molecular weight is 347 g/mol. The monoisotopic (exact) mass is 347 g/mol. The molecule has 1 aliphatic rings. The number of hydrogen-bond donors (Lipinski definition) is 0. The van der Waals surface area contributed by atoms with Gasteiger partial charge in [0.25, 0.3) is 11.5 Å². The molecule has 1 aromatic heterocycles. The molecular weight excluding hydrogens is 326 g/mol. The predicted octanol–water partition coefficient (Wildman–Crippen LogP) is 3.57. The summed E-state index contributed by atoms with van der Waals surface area (Å²) in [5.74, 6) is -0.159. The number of fused-ring (bicyclic) bond motifs is 2. The van der Waals surface area contributed by atoms with E-state index in [0.29, 0.717) is 16.5 Å². The summed E-state index contributed by atoms with van der Waals surface area (Å²) >= 11 is 0. The van der Waals surface area contributed by atoms with Crippen LogP contribution in [0.5, 0.6) is 0 Å². The molecule has 0 bridgehead atoms. The molecule has 4 rings (SSSR count). The van der Waals surface area contributed by atoms with Crippen LogP contribution < -0.4 is 10.5 Å². The van der Waals surface area contributed by atoms with E-state index in [0.717, 1.165) is 17.7 Å². The number of carbonyl (C=O) groups excluding carboxylic acids is 1. The predicted molar refractivity (Wildman–Crippen MR) is 103 cm³/mol. The fourth-order valence-corrected chi connectivity index (χ4v) is 3.70. The van der Waals surface area contributed by atoms with Crippen LogP contribution in [0.3, 0.4) is 0 Å². The first-order chi connectivity index (χ1) is 12.5. The Balaban J connectivity index is 1.93. The maximum absolute atomic E-state index is 13.5. The van der Waals surface area contributed by atoms with Crippen molar-refractivity contribution in [2.75, 3.05) is 4.90 Å². The number of para-hydroxylation sites is 1. The van der Waals surface area contributed by atoms with Gasteiger partial charge in [0.1, 0.15) is 0 Å². The zero-order valence-electron chi connectivity index (χ0n) is 15.1. The highest BCUT2D eigenvalue weighted by atomic mass is 16.2. The lowest BCUT2D eigenvalue weighted by Crippen LogP contribution is -2.38. The summed E-state index contributed by atoms with van der Waals surface area (Å²) in [5.41, 5.74) is 2.26. The van der Waals surface area contributed by atoms with E-state index >= 15 is 0 Å². The van der Waals surface area contributed by atoms with Crippen LogP contribution in [-0.2, 0) is 6.42 Å². The number of benzene rings is 2. The average Bonchev–Trinajstić information content (AvgIpc) is 2.97. The Hall–Kier alpha value is -2.95. The fraction of sp³-hybridized carbons (Fsp3) is 0.286. The standard InChI is InChI=1S/C21H21N3O2/c1-13(2)24-20(25)17-10-6-5-9-16(17)19(22-24)21(26)23-14(3)12-15-8-4-7-11-18(15)23/h4-11,13-14H,12H2,1-3H3/t14-/m1/s1. The van der Waals surface area contributed by atoms with E-state index in [1.54, 1.807) is 17.0 Å². The van der Waals surface area contributed by atoms with Crippen molar-refractivity contribution in [2.45, 2.75) is 39.3 Å². The minimum Gasteiger partial charge on any atom is -0.304 e. The third-order valence-electron chi connectivity index (χ3n) is 4.95. The van der Waals surface area contributed by atoms with Gasteiger partial charge in [-0.3, -0.25) is 9.59 Å². The molecule has 3 aromatic rings. The highest BCUT2D eigenvalue weighted by Gasteiger charge is 2.33. The minimum atomic E-state index is -0.165. The maximum Gasteiger partial charge on any atom is 0.279 e. The van der Waals surface area contributed by atoms with Gasteiger partial charge < -0.3 is 4.90 Å². The number of amides is 1. The van der Waals surface area contributed by atoms with Gasteiger partial charge in [0.2, 0.25) is 0 Å². The molecule has 2 aromatic carbocycles. The van der Waals surface area contributed by atoms with E-state index in [1.165, 1.54) is 4.68 Å². The summed E-state index contributed by atoms with van der Waals surface area (Å²) in [7, 11) is 0. The molecule has 1 amide bonds. The van der Waals surface area contributed by atoms with Crippen LogP contribution in [0.15, 0.2) is 53.3 Å². The lowest BCUT2D eigenvalue weighted by atomic mass is 10.1. The molecule has 132 valence electrons. The normalized spacial score (nSPS) is 16.3. The SMILES string of the molecule is CC(C)n1nc(C(=O)N2c3ccccc3C[C@H]2C)c2ccccc2c1=O. The third kappa shape index (κ3) is 2.43. The summed E-state index contributed by atoms with van der Waals surface area (Å²) in [6.45, 7) is 5.83. The van der Waals surface area contributed by atoms with Crippen LogP contribution in [0.1, 0.15) is 42.9 Å². The second-order valence-corrected chi connectivity index (χ2v) is 7.09.